The molecule has 0 saturated heterocycles. The highest BCUT2D eigenvalue weighted by molar-refractivity contribution is 9.10. The molecule has 0 aliphatic carbocycles. The summed E-state index contributed by atoms with van der Waals surface area (Å²) >= 11 is 3.52. The Bertz CT molecular complexity index is 1070. The van der Waals surface area contributed by atoms with Crippen LogP contribution in [0.25, 0.3) is 0 Å². The van der Waals surface area contributed by atoms with Crippen LogP contribution in [0, 0.1) is 0 Å². The number of hydrogen-bond acceptors (Lipinski definition) is 3. The molecular weight excluding hydrogens is 504 g/mol. The maximum atomic E-state index is 13.5. The van der Waals surface area contributed by atoms with Gasteiger partial charge in [0, 0.05) is 29.9 Å². The van der Waals surface area contributed by atoms with Gasteiger partial charge in [0.25, 0.3) is 0 Å². The Morgan fingerprint density at radius 2 is 1.57 bits per heavy atom. The molecule has 2 amide bonds. The van der Waals surface area contributed by atoms with Crippen LogP contribution in [-0.2, 0) is 22.6 Å². The van der Waals surface area contributed by atoms with Crippen LogP contribution in [0.4, 0.5) is 0 Å². The van der Waals surface area contributed by atoms with Gasteiger partial charge in [0.2, 0.25) is 11.8 Å². The van der Waals surface area contributed by atoms with E-state index in [0.717, 1.165) is 21.3 Å². The Morgan fingerprint density at radius 3 is 2.23 bits per heavy atom. The molecule has 0 spiro atoms. The van der Waals surface area contributed by atoms with Crippen molar-refractivity contribution in [2.45, 2.75) is 51.7 Å². The molecule has 3 rings (SSSR count). The lowest BCUT2D eigenvalue weighted by Gasteiger charge is -2.32. The molecule has 1 N–H and O–H groups in total. The number of amides is 2. The number of nitrogens with one attached hydrogen (secondary N) is 1. The number of carbonyl (C=O) groups is 2. The summed E-state index contributed by atoms with van der Waals surface area (Å²) < 4.78 is 6.71. The van der Waals surface area contributed by atoms with E-state index in [2.05, 4.69) is 21.2 Å². The van der Waals surface area contributed by atoms with Gasteiger partial charge in [-0.1, -0.05) is 76.6 Å². The number of carbonyl (C=O) groups excluding carboxylic acids is 2. The summed E-state index contributed by atoms with van der Waals surface area (Å²) in [5, 5.41) is 3.02. The molecule has 5 nitrogen and oxygen atoms in total. The third-order valence-corrected chi connectivity index (χ3v) is 5.98. The van der Waals surface area contributed by atoms with Crippen LogP contribution in [0.3, 0.4) is 0 Å². The standard InChI is InChI=1S/C29H33BrN2O3/c1-22(2)31-29(34)27(20-23-11-5-3-6-12-23)32(21-24-13-9-14-25(30)19-24)28(33)17-10-18-35-26-15-7-4-8-16-26/h3-9,11-16,19,22,27H,10,17-18,20-21H2,1-2H3,(H,31,34)/t27-/m1/s1. The predicted octanol–water partition coefficient (Wildman–Crippen LogP) is 5.77. The topological polar surface area (TPSA) is 58.6 Å². The average Bonchev–Trinajstić information content (AvgIpc) is 2.85. The Balaban J connectivity index is 1.79. The van der Waals surface area contributed by atoms with Gasteiger partial charge in [0.05, 0.1) is 6.61 Å². The Hall–Kier alpha value is -3.12. The van der Waals surface area contributed by atoms with Crippen molar-refractivity contribution in [1.82, 2.24) is 10.2 Å². The lowest BCUT2D eigenvalue weighted by Crippen LogP contribution is -2.51. The minimum atomic E-state index is -0.624. The number of halogens is 1. The summed E-state index contributed by atoms with van der Waals surface area (Å²) in [7, 11) is 0. The number of para-hydroxylation sites is 1. The van der Waals surface area contributed by atoms with Gasteiger partial charge in [-0.15, -0.1) is 0 Å². The lowest BCUT2D eigenvalue weighted by atomic mass is 10.0. The average molecular weight is 537 g/mol. The molecule has 3 aromatic carbocycles. The molecule has 0 aromatic heterocycles. The smallest absolute Gasteiger partial charge is 0.243 e. The second-order valence-electron chi connectivity index (χ2n) is 8.79. The van der Waals surface area contributed by atoms with E-state index in [4.69, 9.17) is 4.74 Å². The van der Waals surface area contributed by atoms with Crippen molar-refractivity contribution in [2.24, 2.45) is 0 Å². The van der Waals surface area contributed by atoms with Gasteiger partial charge in [-0.3, -0.25) is 9.59 Å². The first kappa shape index (κ1) is 26.5. The summed E-state index contributed by atoms with van der Waals surface area (Å²) in [5.74, 6) is 0.568. The highest BCUT2D eigenvalue weighted by Crippen LogP contribution is 2.19. The fourth-order valence-electron chi connectivity index (χ4n) is 3.84. The summed E-state index contributed by atoms with van der Waals surface area (Å²) in [6.45, 7) is 4.64. The molecular formula is C29H33BrN2O3. The Morgan fingerprint density at radius 1 is 0.914 bits per heavy atom. The number of ether oxygens (including phenoxy) is 1. The van der Waals surface area contributed by atoms with Gasteiger partial charge in [0.1, 0.15) is 11.8 Å². The van der Waals surface area contributed by atoms with Crippen LogP contribution < -0.4 is 10.1 Å². The van der Waals surface area contributed by atoms with Crippen molar-refractivity contribution in [3.63, 3.8) is 0 Å². The first-order chi connectivity index (χ1) is 16.9. The molecule has 1 atom stereocenters. The van der Waals surface area contributed by atoms with Gasteiger partial charge in [0.15, 0.2) is 0 Å². The largest absolute Gasteiger partial charge is 0.494 e. The molecule has 35 heavy (non-hydrogen) atoms. The number of rotatable bonds is 12. The Kier molecular flexibility index (Phi) is 10.4. The lowest BCUT2D eigenvalue weighted by molar-refractivity contribution is -0.141. The molecule has 0 heterocycles. The maximum absolute atomic E-state index is 13.5. The molecule has 184 valence electrons. The molecule has 0 aliphatic rings. The van der Waals surface area contributed by atoms with Gasteiger partial charge in [-0.05, 0) is 55.7 Å². The minimum absolute atomic E-state index is 0.0251. The van der Waals surface area contributed by atoms with Crippen LogP contribution in [0.2, 0.25) is 0 Å². The highest BCUT2D eigenvalue weighted by Gasteiger charge is 2.30. The predicted molar refractivity (Wildman–Crippen MR) is 143 cm³/mol. The van der Waals surface area contributed by atoms with E-state index in [9.17, 15) is 9.59 Å². The fraction of sp³-hybridized carbons (Fsp3) is 0.310. The summed E-state index contributed by atoms with van der Waals surface area (Å²) in [6.07, 6.45) is 1.30. The molecule has 0 radical (unpaired) electrons. The molecule has 0 unspecified atom stereocenters. The van der Waals surface area contributed by atoms with Crippen molar-refractivity contribution >= 4 is 27.7 Å². The van der Waals surface area contributed by atoms with E-state index >= 15 is 0 Å². The van der Waals surface area contributed by atoms with Crippen molar-refractivity contribution in [3.8, 4) is 5.75 Å². The van der Waals surface area contributed by atoms with Crippen LogP contribution in [0.5, 0.6) is 5.75 Å². The second-order valence-corrected chi connectivity index (χ2v) is 9.70. The van der Waals surface area contributed by atoms with Crippen LogP contribution in [0.1, 0.15) is 37.8 Å². The van der Waals surface area contributed by atoms with Gasteiger partial charge >= 0.3 is 0 Å². The van der Waals surface area contributed by atoms with E-state index in [-0.39, 0.29) is 17.9 Å². The monoisotopic (exact) mass is 536 g/mol. The third-order valence-electron chi connectivity index (χ3n) is 5.49. The first-order valence-electron chi connectivity index (χ1n) is 12.0. The van der Waals surface area contributed by atoms with Gasteiger partial charge in [-0.2, -0.15) is 0 Å². The summed E-state index contributed by atoms with van der Waals surface area (Å²) in [6, 6.07) is 26.6. The van der Waals surface area contributed by atoms with Crippen molar-refractivity contribution in [1.29, 1.82) is 0 Å². The van der Waals surface area contributed by atoms with E-state index in [0.29, 0.717) is 32.4 Å². The highest BCUT2D eigenvalue weighted by atomic mass is 79.9. The molecule has 0 bridgehead atoms. The molecule has 6 heteroatoms. The second kappa shape index (κ2) is 13.7. The number of hydrogen-bond donors (Lipinski definition) is 1. The van der Waals surface area contributed by atoms with E-state index in [1.54, 1.807) is 4.90 Å². The fourth-order valence-corrected chi connectivity index (χ4v) is 4.29. The molecule has 3 aromatic rings. The quantitative estimate of drug-likeness (QED) is 0.299. The van der Waals surface area contributed by atoms with Gasteiger partial charge in [-0.25, -0.2) is 0 Å². The molecule has 0 aliphatic heterocycles. The maximum Gasteiger partial charge on any atom is 0.243 e. The third kappa shape index (κ3) is 8.87. The van der Waals surface area contributed by atoms with Gasteiger partial charge < -0.3 is 15.0 Å². The van der Waals surface area contributed by atoms with Crippen LogP contribution in [-0.4, -0.2) is 35.4 Å². The van der Waals surface area contributed by atoms with Crippen LogP contribution in [0.15, 0.2) is 89.4 Å². The normalized spacial score (nSPS) is 11.7. The number of nitrogens with zero attached hydrogens (tertiary/aromatic N) is 1. The first-order valence-corrected chi connectivity index (χ1v) is 12.8. The van der Waals surface area contributed by atoms with E-state index in [1.807, 2.05) is 98.8 Å². The van der Waals surface area contributed by atoms with Crippen molar-refractivity contribution in [3.05, 3.63) is 101 Å². The zero-order valence-corrected chi connectivity index (χ0v) is 21.9. The van der Waals surface area contributed by atoms with Crippen molar-refractivity contribution < 1.29 is 14.3 Å². The summed E-state index contributed by atoms with van der Waals surface area (Å²) in [4.78, 5) is 28.6. The summed E-state index contributed by atoms with van der Waals surface area (Å²) in [5.41, 5.74) is 1.97. The SMILES string of the molecule is CC(C)NC(=O)[C@@H](Cc1ccccc1)N(Cc1cccc(Br)c1)C(=O)CCCOc1ccccc1. The van der Waals surface area contributed by atoms with Crippen LogP contribution >= 0.6 is 15.9 Å². The number of benzene rings is 3. The van der Waals surface area contributed by atoms with E-state index in [1.165, 1.54) is 0 Å². The zero-order chi connectivity index (χ0) is 25.0. The minimum Gasteiger partial charge on any atom is -0.494 e. The Labute approximate surface area is 216 Å². The zero-order valence-electron chi connectivity index (χ0n) is 20.3. The molecule has 0 saturated carbocycles. The van der Waals surface area contributed by atoms with Crippen molar-refractivity contribution in [2.75, 3.05) is 6.61 Å². The molecule has 0 fully saturated rings. The van der Waals surface area contributed by atoms with E-state index < -0.39 is 6.04 Å².